The van der Waals surface area contributed by atoms with Crippen LogP contribution in [-0.2, 0) is 10.0 Å². The van der Waals surface area contributed by atoms with Gasteiger partial charge in [0.1, 0.15) is 0 Å². The normalized spacial score (nSPS) is 11.1. The second-order valence-corrected chi connectivity index (χ2v) is 7.05. The van der Waals surface area contributed by atoms with Gasteiger partial charge in [0.25, 0.3) is 10.0 Å². The summed E-state index contributed by atoms with van der Waals surface area (Å²) in [5.74, 6) is -1.54. The standard InChI is InChI=1S/C13H9BrClNO4S/c14-8-1-3-9(4-2-8)16-21(19,20)10-5-6-12(15)11(7-10)13(17)18/h1-7,16H,(H,17,18)/p-1. The van der Waals surface area contributed by atoms with Gasteiger partial charge in [0.15, 0.2) is 0 Å². The lowest BCUT2D eigenvalue weighted by Crippen LogP contribution is -2.23. The third-order valence-electron chi connectivity index (χ3n) is 2.56. The molecule has 0 saturated heterocycles. The van der Waals surface area contributed by atoms with Gasteiger partial charge in [0, 0.05) is 20.7 Å². The third-order valence-corrected chi connectivity index (χ3v) is 4.80. The van der Waals surface area contributed by atoms with Crippen LogP contribution in [0.5, 0.6) is 0 Å². The Hall–Kier alpha value is -1.57. The minimum Gasteiger partial charge on any atom is -0.545 e. The third kappa shape index (κ3) is 3.75. The Morgan fingerprint density at radius 3 is 2.33 bits per heavy atom. The molecule has 2 aromatic carbocycles. The second-order valence-electron chi connectivity index (χ2n) is 4.04. The van der Waals surface area contributed by atoms with E-state index < -0.39 is 16.0 Å². The molecule has 0 fully saturated rings. The van der Waals surface area contributed by atoms with Crippen LogP contribution in [0.1, 0.15) is 10.4 Å². The highest BCUT2D eigenvalue weighted by Crippen LogP contribution is 2.22. The van der Waals surface area contributed by atoms with Gasteiger partial charge in [0.05, 0.1) is 10.9 Å². The SMILES string of the molecule is O=C([O-])c1cc(S(=O)(=O)Nc2ccc(Br)cc2)ccc1Cl. The van der Waals surface area contributed by atoms with Crippen LogP contribution in [0.3, 0.4) is 0 Å². The Labute approximate surface area is 134 Å². The van der Waals surface area contributed by atoms with E-state index in [0.717, 1.165) is 10.5 Å². The van der Waals surface area contributed by atoms with Crippen molar-refractivity contribution in [2.45, 2.75) is 4.90 Å². The van der Waals surface area contributed by atoms with Crippen LogP contribution in [0.4, 0.5) is 5.69 Å². The molecule has 0 aliphatic carbocycles. The van der Waals surface area contributed by atoms with E-state index >= 15 is 0 Å². The molecule has 0 aromatic heterocycles. The molecule has 8 heteroatoms. The first-order valence-electron chi connectivity index (χ1n) is 5.59. The lowest BCUT2D eigenvalue weighted by Gasteiger charge is -2.11. The Kier molecular flexibility index (Phi) is 4.55. The Bertz CT molecular complexity index is 790. The fourth-order valence-electron chi connectivity index (χ4n) is 1.56. The highest BCUT2D eigenvalue weighted by Gasteiger charge is 2.16. The smallest absolute Gasteiger partial charge is 0.261 e. The molecule has 0 aliphatic heterocycles. The van der Waals surface area contributed by atoms with Crippen LogP contribution in [0, 0.1) is 0 Å². The first kappa shape index (κ1) is 15.8. The second kappa shape index (κ2) is 6.05. The molecule has 0 saturated carbocycles. The van der Waals surface area contributed by atoms with Crippen molar-refractivity contribution in [3.63, 3.8) is 0 Å². The van der Waals surface area contributed by atoms with Gasteiger partial charge in [-0.3, -0.25) is 4.72 Å². The van der Waals surface area contributed by atoms with Crippen molar-refractivity contribution in [1.82, 2.24) is 0 Å². The molecule has 110 valence electrons. The van der Waals surface area contributed by atoms with Crippen LogP contribution in [0.15, 0.2) is 51.8 Å². The van der Waals surface area contributed by atoms with E-state index in [2.05, 4.69) is 20.7 Å². The lowest BCUT2D eigenvalue weighted by atomic mass is 10.2. The Morgan fingerprint density at radius 2 is 1.76 bits per heavy atom. The number of anilines is 1. The van der Waals surface area contributed by atoms with Crippen LogP contribution in [-0.4, -0.2) is 14.4 Å². The maximum atomic E-state index is 12.2. The molecule has 2 aromatic rings. The molecule has 0 aliphatic rings. The summed E-state index contributed by atoms with van der Waals surface area (Å²) in [5, 5.41) is 10.8. The summed E-state index contributed by atoms with van der Waals surface area (Å²) in [5.41, 5.74) is -0.0292. The molecule has 0 amide bonds. The monoisotopic (exact) mass is 388 g/mol. The largest absolute Gasteiger partial charge is 0.545 e. The van der Waals surface area contributed by atoms with Crippen molar-refractivity contribution in [1.29, 1.82) is 0 Å². The van der Waals surface area contributed by atoms with E-state index in [-0.39, 0.29) is 15.5 Å². The number of carboxylic acids is 1. The molecule has 0 bridgehead atoms. The highest BCUT2D eigenvalue weighted by atomic mass is 79.9. The van der Waals surface area contributed by atoms with Crippen molar-refractivity contribution in [2.75, 3.05) is 4.72 Å². The maximum absolute atomic E-state index is 12.2. The van der Waals surface area contributed by atoms with E-state index in [9.17, 15) is 18.3 Å². The van der Waals surface area contributed by atoms with Gasteiger partial charge in [-0.2, -0.15) is 0 Å². The summed E-state index contributed by atoms with van der Waals surface area (Å²) in [4.78, 5) is 10.7. The number of carbonyl (C=O) groups is 1. The molecule has 0 atom stereocenters. The van der Waals surface area contributed by atoms with Gasteiger partial charge in [-0.25, -0.2) is 8.42 Å². The van der Waals surface area contributed by atoms with E-state index in [4.69, 9.17) is 11.6 Å². The van der Waals surface area contributed by atoms with Gasteiger partial charge >= 0.3 is 0 Å². The van der Waals surface area contributed by atoms with Crippen LogP contribution in [0.2, 0.25) is 5.02 Å². The molecule has 2 rings (SSSR count). The van der Waals surface area contributed by atoms with Gasteiger partial charge in [0.2, 0.25) is 0 Å². The number of carboxylic acid groups (broad SMARTS) is 1. The van der Waals surface area contributed by atoms with Gasteiger partial charge in [-0.05, 0) is 42.5 Å². The molecule has 1 N–H and O–H groups in total. The summed E-state index contributed by atoms with van der Waals surface area (Å²) in [6, 6.07) is 9.85. The zero-order chi connectivity index (χ0) is 15.6. The van der Waals surface area contributed by atoms with Gasteiger partial charge in [-0.1, -0.05) is 27.5 Å². The van der Waals surface area contributed by atoms with Crippen molar-refractivity contribution in [3.05, 3.63) is 57.5 Å². The minimum atomic E-state index is -3.91. The fourth-order valence-corrected chi connectivity index (χ4v) is 3.10. The number of aromatic carboxylic acids is 1. The Morgan fingerprint density at radius 1 is 1.14 bits per heavy atom. The quantitative estimate of drug-likeness (QED) is 0.869. The number of hydrogen-bond donors (Lipinski definition) is 1. The average Bonchev–Trinajstić information content (AvgIpc) is 2.41. The fraction of sp³-hybridized carbons (Fsp3) is 0. The summed E-state index contributed by atoms with van der Waals surface area (Å²) < 4.78 is 27.5. The number of hydrogen-bond acceptors (Lipinski definition) is 4. The summed E-state index contributed by atoms with van der Waals surface area (Å²) in [6.07, 6.45) is 0. The molecule has 0 spiro atoms. The average molecular weight is 390 g/mol. The van der Waals surface area contributed by atoms with E-state index in [1.54, 1.807) is 24.3 Å². The summed E-state index contributed by atoms with van der Waals surface area (Å²) >= 11 is 8.92. The van der Waals surface area contributed by atoms with Crippen LogP contribution >= 0.6 is 27.5 Å². The number of halogens is 2. The predicted octanol–water partition coefficient (Wildman–Crippen LogP) is 2.27. The maximum Gasteiger partial charge on any atom is 0.261 e. The van der Waals surface area contributed by atoms with Crippen molar-refractivity contribution in [3.8, 4) is 0 Å². The highest BCUT2D eigenvalue weighted by molar-refractivity contribution is 9.10. The topological polar surface area (TPSA) is 86.3 Å². The first-order chi connectivity index (χ1) is 9.79. The van der Waals surface area contributed by atoms with Gasteiger partial charge in [-0.15, -0.1) is 0 Å². The van der Waals surface area contributed by atoms with E-state index in [0.29, 0.717) is 5.69 Å². The molecule has 21 heavy (non-hydrogen) atoms. The minimum absolute atomic E-state index is 0.0856. The zero-order valence-corrected chi connectivity index (χ0v) is 13.5. The van der Waals surface area contributed by atoms with Crippen LogP contribution in [0.25, 0.3) is 0 Å². The zero-order valence-electron chi connectivity index (χ0n) is 10.3. The molecule has 0 heterocycles. The Balaban J connectivity index is 2.38. The first-order valence-corrected chi connectivity index (χ1v) is 8.24. The number of sulfonamides is 1. The van der Waals surface area contributed by atoms with Crippen LogP contribution < -0.4 is 9.83 Å². The molecule has 0 radical (unpaired) electrons. The summed E-state index contributed by atoms with van der Waals surface area (Å²) in [7, 11) is -3.91. The van der Waals surface area contributed by atoms with Crippen molar-refractivity contribution in [2.24, 2.45) is 0 Å². The number of carbonyl (C=O) groups excluding carboxylic acids is 1. The van der Waals surface area contributed by atoms with Crippen molar-refractivity contribution < 1.29 is 18.3 Å². The predicted molar refractivity (Wildman–Crippen MR) is 80.7 cm³/mol. The number of benzene rings is 2. The van der Waals surface area contributed by atoms with E-state index in [1.807, 2.05) is 0 Å². The summed E-state index contributed by atoms with van der Waals surface area (Å²) in [6.45, 7) is 0. The lowest BCUT2D eigenvalue weighted by molar-refractivity contribution is -0.255. The van der Waals surface area contributed by atoms with Gasteiger partial charge < -0.3 is 9.90 Å². The number of nitrogens with one attached hydrogen (secondary N) is 1. The molecular weight excluding hydrogens is 382 g/mol. The van der Waals surface area contributed by atoms with E-state index in [1.165, 1.54) is 12.1 Å². The number of rotatable bonds is 4. The van der Waals surface area contributed by atoms with Crippen molar-refractivity contribution >= 4 is 49.2 Å². The molecule has 5 nitrogen and oxygen atoms in total. The molecule has 0 unspecified atom stereocenters. The molecular formula is C13H8BrClNO4S-.